The van der Waals surface area contributed by atoms with Crippen molar-refractivity contribution >= 4 is 10.6 Å². The van der Waals surface area contributed by atoms with E-state index in [1.807, 2.05) is 20.8 Å². The van der Waals surface area contributed by atoms with E-state index >= 15 is 0 Å². The fraction of sp³-hybridized carbons (Fsp3) is 1.00. The topological polar surface area (TPSA) is 38.7 Å². The Bertz CT molecular complexity index is 177. The Labute approximate surface area is 70.4 Å². The molecule has 0 aliphatic carbocycles. The molecular formula is C7H16NO2S-. The van der Waals surface area contributed by atoms with Crippen molar-refractivity contribution in [3.8, 4) is 0 Å². The Kier molecular flexibility index (Phi) is 4.68. The van der Waals surface area contributed by atoms with Gasteiger partial charge in [-0.25, -0.2) is 0 Å². The summed E-state index contributed by atoms with van der Waals surface area (Å²) < 4.78 is 19.9. The minimum absolute atomic E-state index is 0.210. The smallest absolute Gasteiger partial charge is 0.0354 e. The molecule has 11 heavy (non-hydrogen) atoms. The highest BCUT2D eigenvalue weighted by atomic mass is 32.2. The van der Waals surface area contributed by atoms with E-state index in [-0.39, 0.29) is 5.54 Å². The molecule has 0 heterocycles. The van der Waals surface area contributed by atoms with Crippen molar-refractivity contribution in [2.24, 2.45) is 4.36 Å². The van der Waals surface area contributed by atoms with Crippen molar-refractivity contribution in [1.29, 1.82) is 0 Å². The van der Waals surface area contributed by atoms with Gasteiger partial charge < -0.3 is 13.3 Å². The maximum absolute atomic E-state index is 11.1. The summed E-state index contributed by atoms with van der Waals surface area (Å²) in [6.07, 6.45) is 0. The molecule has 0 aromatic rings. The lowest BCUT2D eigenvalue weighted by Crippen LogP contribution is -2.11. The van der Waals surface area contributed by atoms with Crippen LogP contribution >= 0.6 is 0 Å². The van der Waals surface area contributed by atoms with Crippen molar-refractivity contribution in [3.63, 3.8) is 0 Å². The molecule has 0 aliphatic rings. The molecule has 0 aromatic heterocycles. The molecule has 0 aliphatic heterocycles. The SMILES string of the molecule is COCC[S-](=O)=NC(C)(C)C. The molecule has 0 spiro atoms. The highest BCUT2D eigenvalue weighted by Gasteiger charge is 2.00. The third kappa shape index (κ3) is 7.81. The van der Waals surface area contributed by atoms with Crippen LogP contribution in [0.5, 0.6) is 0 Å². The van der Waals surface area contributed by atoms with Crippen LogP contribution in [0.3, 0.4) is 0 Å². The van der Waals surface area contributed by atoms with Gasteiger partial charge in [-0.05, 0) is 20.8 Å². The first-order valence-corrected chi connectivity index (χ1v) is 4.83. The van der Waals surface area contributed by atoms with Gasteiger partial charge in [0.15, 0.2) is 0 Å². The van der Waals surface area contributed by atoms with Crippen LogP contribution in [0, 0.1) is 0 Å². The third-order valence-corrected chi connectivity index (χ3v) is 2.11. The van der Waals surface area contributed by atoms with Crippen molar-refractivity contribution < 1.29 is 8.95 Å². The van der Waals surface area contributed by atoms with E-state index in [1.165, 1.54) is 0 Å². The lowest BCUT2D eigenvalue weighted by Gasteiger charge is -2.17. The highest BCUT2D eigenvalue weighted by molar-refractivity contribution is 7.74. The zero-order valence-electron chi connectivity index (χ0n) is 7.59. The molecule has 4 heteroatoms. The lowest BCUT2D eigenvalue weighted by molar-refractivity contribution is 0.218. The summed E-state index contributed by atoms with van der Waals surface area (Å²) in [6.45, 7) is 6.29. The predicted octanol–water partition coefficient (Wildman–Crippen LogP) is 1.58. The van der Waals surface area contributed by atoms with Crippen LogP contribution in [-0.4, -0.2) is 25.0 Å². The van der Waals surface area contributed by atoms with E-state index in [1.54, 1.807) is 7.11 Å². The van der Waals surface area contributed by atoms with Crippen molar-refractivity contribution in [2.75, 3.05) is 19.5 Å². The Balaban J connectivity index is 3.92. The quantitative estimate of drug-likeness (QED) is 0.615. The zero-order chi connectivity index (χ0) is 8.91. The van der Waals surface area contributed by atoms with Crippen LogP contribution in [0.1, 0.15) is 20.8 Å². The summed E-state index contributed by atoms with van der Waals surface area (Å²) in [5, 5.41) is 0. The number of rotatable bonds is 3. The first kappa shape index (κ1) is 10.9. The van der Waals surface area contributed by atoms with Gasteiger partial charge in [0.1, 0.15) is 0 Å². The maximum atomic E-state index is 11.1. The number of hydrogen-bond donors (Lipinski definition) is 0. The molecule has 68 valence electrons. The van der Waals surface area contributed by atoms with Crippen molar-refractivity contribution in [2.45, 2.75) is 26.3 Å². The summed E-state index contributed by atoms with van der Waals surface area (Å²) in [5.41, 5.74) is -0.210. The molecule has 0 N–H and O–H groups in total. The van der Waals surface area contributed by atoms with Gasteiger partial charge in [-0.3, -0.25) is 0 Å². The minimum atomic E-state index is -1.09. The summed E-state index contributed by atoms with van der Waals surface area (Å²) in [4.78, 5) is 0. The van der Waals surface area contributed by atoms with Crippen LogP contribution in [0.4, 0.5) is 0 Å². The van der Waals surface area contributed by atoms with Crippen LogP contribution in [0.2, 0.25) is 0 Å². The second-order valence-corrected chi connectivity index (χ2v) is 4.51. The van der Waals surface area contributed by atoms with Crippen LogP contribution in [0.25, 0.3) is 0 Å². The van der Waals surface area contributed by atoms with Crippen molar-refractivity contribution in [1.82, 2.24) is 0 Å². The van der Waals surface area contributed by atoms with E-state index in [4.69, 9.17) is 4.74 Å². The monoisotopic (exact) mass is 178 g/mol. The van der Waals surface area contributed by atoms with Crippen molar-refractivity contribution in [3.05, 3.63) is 0 Å². The Morgan fingerprint density at radius 2 is 2.00 bits per heavy atom. The third-order valence-electron chi connectivity index (χ3n) is 0.838. The highest BCUT2D eigenvalue weighted by Crippen LogP contribution is 2.06. The van der Waals surface area contributed by atoms with Gasteiger partial charge in [0.05, 0.1) is 0 Å². The van der Waals surface area contributed by atoms with Gasteiger partial charge in [0, 0.05) is 19.3 Å². The van der Waals surface area contributed by atoms with Crippen LogP contribution in [0.15, 0.2) is 4.36 Å². The Morgan fingerprint density at radius 1 is 1.45 bits per heavy atom. The van der Waals surface area contributed by atoms with E-state index in [0.717, 1.165) is 0 Å². The standard InChI is InChI=1S/C7H16NO2S/c1-7(2,3)8-11(9)6-5-10-4/h5-6H2,1-4H3/q-1. The molecule has 0 amide bonds. The first-order valence-electron chi connectivity index (χ1n) is 3.56. The summed E-state index contributed by atoms with van der Waals surface area (Å²) in [6, 6.07) is 0. The lowest BCUT2D eigenvalue weighted by atomic mass is 10.1. The molecule has 0 bridgehead atoms. The molecular weight excluding hydrogens is 162 g/mol. The molecule has 0 fully saturated rings. The minimum Gasteiger partial charge on any atom is -0.444 e. The molecule has 0 rings (SSSR count). The van der Waals surface area contributed by atoms with E-state index in [0.29, 0.717) is 12.4 Å². The van der Waals surface area contributed by atoms with Gasteiger partial charge in [-0.15, -0.1) is 0 Å². The molecule has 0 saturated carbocycles. The Hall–Kier alpha value is -0.0900. The summed E-state index contributed by atoms with van der Waals surface area (Å²) >= 11 is 0. The second-order valence-electron chi connectivity index (χ2n) is 3.28. The molecule has 3 nitrogen and oxygen atoms in total. The average Bonchev–Trinajstić information content (AvgIpc) is 1.79. The Morgan fingerprint density at radius 3 is 2.36 bits per heavy atom. The average molecular weight is 178 g/mol. The zero-order valence-corrected chi connectivity index (χ0v) is 8.40. The number of methoxy groups -OCH3 is 1. The van der Waals surface area contributed by atoms with Gasteiger partial charge in [0.25, 0.3) is 0 Å². The molecule has 0 unspecified atom stereocenters. The largest absolute Gasteiger partial charge is 0.444 e. The summed E-state index contributed by atoms with van der Waals surface area (Å²) in [5.74, 6) is 0.494. The second kappa shape index (κ2) is 4.72. The number of nitrogens with zero attached hydrogens (tertiary/aromatic N) is 1. The molecule has 0 atom stereocenters. The number of hydrogen-bond acceptors (Lipinski definition) is 4. The fourth-order valence-electron chi connectivity index (χ4n) is 0.506. The number of ether oxygens (including phenoxy) is 1. The maximum Gasteiger partial charge on any atom is 0.0354 e. The van der Waals surface area contributed by atoms with Gasteiger partial charge in [-0.1, -0.05) is 5.75 Å². The molecule has 0 saturated heterocycles. The van der Waals surface area contributed by atoms with Gasteiger partial charge >= 0.3 is 0 Å². The molecule has 0 radical (unpaired) electrons. The fourth-order valence-corrected chi connectivity index (χ4v) is 1.52. The van der Waals surface area contributed by atoms with E-state index < -0.39 is 10.6 Å². The first-order chi connectivity index (χ1) is 4.95. The molecule has 0 aromatic carbocycles. The normalized spacial score (nSPS) is 15.3. The summed E-state index contributed by atoms with van der Waals surface area (Å²) in [7, 11) is 0.502. The van der Waals surface area contributed by atoms with E-state index in [9.17, 15) is 4.21 Å². The van der Waals surface area contributed by atoms with Gasteiger partial charge in [-0.2, -0.15) is 10.6 Å². The van der Waals surface area contributed by atoms with Gasteiger partial charge in [0.2, 0.25) is 0 Å². The van der Waals surface area contributed by atoms with E-state index in [2.05, 4.69) is 4.36 Å². The predicted molar refractivity (Wildman–Crippen MR) is 47.0 cm³/mol. The van der Waals surface area contributed by atoms with Crippen LogP contribution in [-0.2, 0) is 19.5 Å². The van der Waals surface area contributed by atoms with Crippen LogP contribution < -0.4 is 0 Å².